The van der Waals surface area contributed by atoms with Crippen molar-refractivity contribution >= 4 is 20.9 Å². The summed E-state index contributed by atoms with van der Waals surface area (Å²) < 4.78 is 33.1. The number of para-hydroxylation sites is 1. The Hall–Kier alpha value is -2.51. The Balaban J connectivity index is 1.49. The quantitative estimate of drug-likeness (QED) is 0.691. The van der Waals surface area contributed by atoms with Crippen LogP contribution in [0.4, 0.5) is 0 Å². The van der Waals surface area contributed by atoms with Gasteiger partial charge >= 0.3 is 0 Å². The number of sulfonamides is 1. The summed E-state index contributed by atoms with van der Waals surface area (Å²) in [7, 11) is -3.43. The molecular weight excluding hydrogens is 350 g/mol. The molecule has 0 bridgehead atoms. The number of hydrogen-bond acceptors (Lipinski definition) is 5. The first-order valence-corrected chi connectivity index (χ1v) is 10.1. The van der Waals surface area contributed by atoms with E-state index in [4.69, 9.17) is 4.74 Å². The van der Waals surface area contributed by atoms with Gasteiger partial charge in [0.2, 0.25) is 10.0 Å². The van der Waals surface area contributed by atoms with E-state index in [0.717, 1.165) is 16.5 Å². The molecule has 1 atom stereocenters. The van der Waals surface area contributed by atoms with Crippen LogP contribution in [0.15, 0.2) is 61.1 Å². The van der Waals surface area contributed by atoms with Crippen molar-refractivity contribution in [3.8, 4) is 5.75 Å². The molecule has 134 valence electrons. The van der Waals surface area contributed by atoms with Gasteiger partial charge in [-0.25, -0.2) is 8.42 Å². The molecule has 0 unspecified atom stereocenters. The molecule has 0 saturated carbocycles. The summed E-state index contributed by atoms with van der Waals surface area (Å²) in [6.07, 6.45) is 5.52. The minimum atomic E-state index is -3.43. The van der Waals surface area contributed by atoms with Crippen molar-refractivity contribution in [3.63, 3.8) is 0 Å². The molecule has 0 radical (unpaired) electrons. The first-order valence-electron chi connectivity index (χ1n) is 8.49. The van der Waals surface area contributed by atoms with Crippen molar-refractivity contribution in [1.82, 2.24) is 14.3 Å². The molecule has 1 fully saturated rings. The molecule has 1 saturated heterocycles. The topological polar surface area (TPSA) is 72.4 Å². The van der Waals surface area contributed by atoms with Gasteiger partial charge in [-0.3, -0.25) is 9.97 Å². The molecule has 6 nitrogen and oxygen atoms in total. The van der Waals surface area contributed by atoms with Crippen LogP contribution in [0.3, 0.4) is 0 Å². The summed E-state index contributed by atoms with van der Waals surface area (Å²) in [5, 5.41) is 0.944. The van der Waals surface area contributed by atoms with Gasteiger partial charge in [-0.05, 0) is 30.2 Å². The van der Waals surface area contributed by atoms with Crippen LogP contribution in [0.5, 0.6) is 5.75 Å². The Kier molecular flexibility index (Phi) is 4.57. The third-order valence-electron chi connectivity index (χ3n) is 4.49. The van der Waals surface area contributed by atoms with Gasteiger partial charge in [0.1, 0.15) is 11.9 Å². The highest BCUT2D eigenvalue weighted by atomic mass is 32.2. The Bertz CT molecular complexity index is 1000. The van der Waals surface area contributed by atoms with E-state index in [0.29, 0.717) is 25.3 Å². The zero-order chi connectivity index (χ0) is 18.0. The lowest BCUT2D eigenvalue weighted by Crippen LogP contribution is -2.32. The number of aromatic nitrogens is 2. The summed E-state index contributed by atoms with van der Waals surface area (Å²) in [6.45, 7) is 0.820. The van der Waals surface area contributed by atoms with E-state index in [1.807, 2.05) is 36.4 Å². The molecule has 3 heterocycles. The van der Waals surface area contributed by atoms with Gasteiger partial charge in [0.25, 0.3) is 0 Å². The van der Waals surface area contributed by atoms with Crippen LogP contribution < -0.4 is 4.74 Å². The van der Waals surface area contributed by atoms with Gasteiger partial charge in [-0.2, -0.15) is 4.31 Å². The van der Waals surface area contributed by atoms with E-state index >= 15 is 0 Å². The maximum absolute atomic E-state index is 12.9. The molecule has 0 aliphatic carbocycles. The highest BCUT2D eigenvalue weighted by Gasteiger charge is 2.33. The average molecular weight is 369 g/mol. The van der Waals surface area contributed by atoms with E-state index in [-0.39, 0.29) is 11.9 Å². The molecule has 0 amide bonds. The normalized spacial score (nSPS) is 18.2. The highest BCUT2D eigenvalue weighted by Crippen LogP contribution is 2.24. The second-order valence-corrected chi connectivity index (χ2v) is 8.29. The minimum absolute atomic E-state index is 0.0546. The fourth-order valence-electron chi connectivity index (χ4n) is 3.23. The Labute approximate surface area is 152 Å². The summed E-state index contributed by atoms with van der Waals surface area (Å²) in [6, 6.07) is 13.0. The first-order chi connectivity index (χ1) is 12.6. The molecular formula is C19H19N3O3S. The molecule has 1 aliphatic heterocycles. The van der Waals surface area contributed by atoms with Crippen molar-refractivity contribution in [2.75, 3.05) is 13.1 Å². The smallest absolute Gasteiger partial charge is 0.218 e. The lowest BCUT2D eigenvalue weighted by atomic mass is 10.1. The zero-order valence-electron chi connectivity index (χ0n) is 14.2. The molecule has 7 heteroatoms. The van der Waals surface area contributed by atoms with Crippen LogP contribution in [-0.2, 0) is 15.8 Å². The lowest BCUT2D eigenvalue weighted by molar-refractivity contribution is 0.214. The van der Waals surface area contributed by atoms with Gasteiger partial charge in [0, 0.05) is 24.3 Å². The summed E-state index contributed by atoms with van der Waals surface area (Å²) >= 11 is 0. The van der Waals surface area contributed by atoms with Gasteiger partial charge < -0.3 is 4.74 Å². The number of fused-ring (bicyclic) bond motifs is 1. The molecule has 2 aromatic heterocycles. The largest absolute Gasteiger partial charge is 0.487 e. The molecule has 26 heavy (non-hydrogen) atoms. The number of ether oxygens (including phenoxy) is 1. The van der Waals surface area contributed by atoms with E-state index in [1.54, 1.807) is 24.7 Å². The minimum Gasteiger partial charge on any atom is -0.487 e. The number of nitrogens with zero attached hydrogens (tertiary/aromatic N) is 3. The van der Waals surface area contributed by atoms with Crippen molar-refractivity contribution in [2.45, 2.75) is 18.3 Å². The molecule has 4 rings (SSSR count). The van der Waals surface area contributed by atoms with E-state index in [9.17, 15) is 8.42 Å². The number of benzene rings is 1. The van der Waals surface area contributed by atoms with Crippen LogP contribution in [0.25, 0.3) is 10.9 Å². The van der Waals surface area contributed by atoms with Crippen molar-refractivity contribution in [1.29, 1.82) is 0 Å². The maximum atomic E-state index is 12.9. The maximum Gasteiger partial charge on any atom is 0.218 e. The Morgan fingerprint density at radius 1 is 1.12 bits per heavy atom. The van der Waals surface area contributed by atoms with Crippen molar-refractivity contribution < 1.29 is 13.2 Å². The lowest BCUT2D eigenvalue weighted by Gasteiger charge is -2.17. The fraction of sp³-hybridized carbons (Fsp3) is 0.263. The molecule has 0 N–H and O–H groups in total. The van der Waals surface area contributed by atoms with Gasteiger partial charge in [-0.15, -0.1) is 0 Å². The summed E-state index contributed by atoms with van der Waals surface area (Å²) in [5.41, 5.74) is 1.46. The third kappa shape index (κ3) is 3.54. The molecule has 3 aromatic rings. The zero-order valence-corrected chi connectivity index (χ0v) is 15.0. The van der Waals surface area contributed by atoms with Crippen LogP contribution in [0.1, 0.15) is 12.0 Å². The first kappa shape index (κ1) is 16.9. The van der Waals surface area contributed by atoms with Crippen LogP contribution in [0, 0.1) is 0 Å². The van der Waals surface area contributed by atoms with Crippen molar-refractivity contribution in [2.24, 2.45) is 0 Å². The average Bonchev–Trinajstić information content (AvgIpc) is 3.12. The van der Waals surface area contributed by atoms with E-state index in [2.05, 4.69) is 9.97 Å². The van der Waals surface area contributed by atoms with Gasteiger partial charge in [-0.1, -0.05) is 24.3 Å². The van der Waals surface area contributed by atoms with Crippen molar-refractivity contribution in [3.05, 3.63) is 66.6 Å². The van der Waals surface area contributed by atoms with Gasteiger partial charge in [0.05, 0.1) is 24.0 Å². The predicted octanol–water partition coefficient (Wildman–Crippen LogP) is 2.61. The van der Waals surface area contributed by atoms with Crippen LogP contribution in [-0.4, -0.2) is 41.9 Å². The van der Waals surface area contributed by atoms with Crippen LogP contribution in [0.2, 0.25) is 0 Å². The summed E-state index contributed by atoms with van der Waals surface area (Å²) in [5.74, 6) is 0.607. The second kappa shape index (κ2) is 7.01. The molecule has 0 spiro atoms. The number of rotatable bonds is 5. The second-order valence-electron chi connectivity index (χ2n) is 6.32. The fourth-order valence-corrected chi connectivity index (χ4v) is 4.81. The van der Waals surface area contributed by atoms with E-state index in [1.165, 1.54) is 4.31 Å². The Morgan fingerprint density at radius 2 is 1.96 bits per heavy atom. The molecule has 1 aromatic carbocycles. The van der Waals surface area contributed by atoms with E-state index < -0.39 is 10.0 Å². The van der Waals surface area contributed by atoms with Gasteiger partial charge in [0.15, 0.2) is 0 Å². The molecule has 1 aliphatic rings. The highest BCUT2D eigenvalue weighted by molar-refractivity contribution is 7.88. The predicted molar refractivity (Wildman–Crippen MR) is 99.2 cm³/mol. The SMILES string of the molecule is O=S(=O)(Cc1cccc2cccnc12)N1CC[C@@H](Oc2cccnc2)C1. The third-order valence-corrected chi connectivity index (χ3v) is 6.29. The van der Waals surface area contributed by atoms with Crippen LogP contribution >= 0.6 is 0 Å². The monoisotopic (exact) mass is 369 g/mol. The Morgan fingerprint density at radius 3 is 2.81 bits per heavy atom. The standard InChI is InChI=1S/C19H19N3O3S/c23-26(24,14-16-5-1-4-15-6-2-10-21-19(15)16)22-11-8-18(13-22)25-17-7-3-9-20-12-17/h1-7,9-10,12,18H,8,11,13-14H2/t18-/m1/s1. The summed E-state index contributed by atoms with van der Waals surface area (Å²) in [4.78, 5) is 8.36. The number of hydrogen-bond donors (Lipinski definition) is 0. The number of pyridine rings is 2.